The fraction of sp³-hybridized carbons (Fsp3) is 0.222. The molecule has 2 aromatic carbocycles. The maximum Gasteiger partial charge on any atom is 0.255 e. The Kier molecular flexibility index (Phi) is 4.56. The maximum atomic E-state index is 14.5. The molecule has 0 aliphatic carbocycles. The number of nitrogens with one attached hydrogen (secondary N) is 1. The molecule has 0 bridgehead atoms. The number of halogens is 1. The van der Waals surface area contributed by atoms with Crippen LogP contribution in [0.4, 0.5) is 10.1 Å². The summed E-state index contributed by atoms with van der Waals surface area (Å²) in [6.45, 7) is 1.85. The number of carbonyl (C=O) groups excluding carboxylic acids is 1. The van der Waals surface area contributed by atoms with E-state index in [0.29, 0.717) is 33.9 Å². The second kappa shape index (κ2) is 6.90. The topological polar surface area (TPSA) is 93.3 Å². The van der Waals surface area contributed by atoms with Gasteiger partial charge in [-0.1, -0.05) is 16.3 Å². The molecular formula is C18H16FN5OS2. The van der Waals surface area contributed by atoms with Crippen molar-refractivity contribution in [2.24, 2.45) is 10.7 Å². The van der Waals surface area contributed by atoms with Crippen LogP contribution in [0, 0.1) is 5.82 Å². The van der Waals surface area contributed by atoms with E-state index in [1.807, 2.05) is 13.0 Å². The van der Waals surface area contributed by atoms with Gasteiger partial charge in [0, 0.05) is 22.6 Å². The van der Waals surface area contributed by atoms with Gasteiger partial charge in [0.2, 0.25) is 0 Å². The van der Waals surface area contributed by atoms with Crippen LogP contribution in [0.1, 0.15) is 29.3 Å². The first-order chi connectivity index (χ1) is 12.9. The zero-order chi connectivity index (χ0) is 19.0. The third kappa shape index (κ3) is 3.52. The molecule has 0 spiro atoms. The Morgan fingerprint density at radius 3 is 2.96 bits per heavy atom. The number of thioether (sulfide) groups is 1. The Bertz CT molecular complexity index is 1070. The Morgan fingerprint density at radius 1 is 1.30 bits per heavy atom. The van der Waals surface area contributed by atoms with Crippen LogP contribution < -0.4 is 11.1 Å². The summed E-state index contributed by atoms with van der Waals surface area (Å²) in [7, 11) is 0. The molecule has 0 radical (unpaired) electrons. The van der Waals surface area contributed by atoms with Crippen molar-refractivity contribution in [3.05, 3.63) is 53.3 Å². The van der Waals surface area contributed by atoms with Gasteiger partial charge in [0.05, 0.1) is 10.2 Å². The molecule has 1 aliphatic heterocycles. The van der Waals surface area contributed by atoms with Crippen LogP contribution in [-0.4, -0.2) is 26.4 Å². The third-order valence-electron chi connectivity index (χ3n) is 4.51. The lowest BCUT2D eigenvalue weighted by atomic mass is 9.89. The molecule has 4 rings (SSSR count). The van der Waals surface area contributed by atoms with Crippen LogP contribution in [0.15, 0.2) is 41.4 Å². The average Bonchev–Trinajstić information content (AvgIpc) is 3.10. The lowest BCUT2D eigenvalue weighted by Gasteiger charge is -2.30. The standard InChI is InChI=1S/C18H16FN5OS2/c1-18(6-7-26-17(20)22-18)12-9-11(3-4-13(12)19)21-16(25)10-2-5-15-14(8-10)23-24-27-15/h2-5,8-9H,6-7H2,1H3,(H2,20,22)(H,21,25). The minimum atomic E-state index is -0.745. The highest BCUT2D eigenvalue weighted by molar-refractivity contribution is 8.13. The van der Waals surface area contributed by atoms with Crippen LogP contribution >= 0.6 is 23.3 Å². The summed E-state index contributed by atoms with van der Waals surface area (Å²) in [5.41, 5.74) is 7.15. The van der Waals surface area contributed by atoms with E-state index in [1.54, 1.807) is 18.2 Å². The Labute approximate surface area is 163 Å². The smallest absolute Gasteiger partial charge is 0.255 e. The van der Waals surface area contributed by atoms with E-state index < -0.39 is 5.54 Å². The Morgan fingerprint density at radius 2 is 2.15 bits per heavy atom. The number of benzene rings is 2. The van der Waals surface area contributed by atoms with Gasteiger partial charge in [-0.2, -0.15) is 0 Å². The lowest BCUT2D eigenvalue weighted by molar-refractivity contribution is 0.102. The van der Waals surface area contributed by atoms with Gasteiger partial charge >= 0.3 is 0 Å². The second-order valence-corrected chi connectivity index (χ2v) is 8.33. The van der Waals surface area contributed by atoms with Crippen molar-refractivity contribution in [3.63, 3.8) is 0 Å². The van der Waals surface area contributed by atoms with Crippen molar-refractivity contribution < 1.29 is 9.18 Å². The summed E-state index contributed by atoms with van der Waals surface area (Å²) < 4.78 is 19.3. The first kappa shape index (κ1) is 17.9. The fourth-order valence-electron chi connectivity index (χ4n) is 3.02. The molecule has 9 heteroatoms. The number of nitrogens with zero attached hydrogens (tertiary/aromatic N) is 3. The minimum absolute atomic E-state index is 0.296. The van der Waals surface area contributed by atoms with Gasteiger partial charge < -0.3 is 11.1 Å². The van der Waals surface area contributed by atoms with Crippen LogP contribution in [0.5, 0.6) is 0 Å². The van der Waals surface area contributed by atoms with Gasteiger partial charge in [-0.15, -0.1) is 5.10 Å². The molecule has 1 aromatic heterocycles. The number of carbonyl (C=O) groups is 1. The number of nitrogens with two attached hydrogens (primary N) is 1. The SMILES string of the molecule is CC1(c2cc(NC(=O)c3ccc4snnc4c3)ccc2F)CCSC(N)=N1. The van der Waals surface area contributed by atoms with E-state index in [0.717, 1.165) is 10.5 Å². The zero-order valence-corrected chi connectivity index (χ0v) is 16.0. The molecule has 3 N–H and O–H groups in total. The maximum absolute atomic E-state index is 14.5. The van der Waals surface area contributed by atoms with Gasteiger partial charge in [0.15, 0.2) is 5.17 Å². The van der Waals surface area contributed by atoms with E-state index >= 15 is 0 Å². The van der Waals surface area contributed by atoms with Crippen LogP contribution in [0.2, 0.25) is 0 Å². The summed E-state index contributed by atoms with van der Waals surface area (Å²) in [6.07, 6.45) is 0.667. The third-order valence-corrected chi connectivity index (χ3v) is 6.01. The number of hydrogen-bond donors (Lipinski definition) is 2. The molecule has 3 aromatic rings. The fourth-order valence-corrected chi connectivity index (χ4v) is 4.54. The first-order valence-corrected chi connectivity index (χ1v) is 10.0. The van der Waals surface area contributed by atoms with E-state index in [9.17, 15) is 9.18 Å². The number of anilines is 1. The summed E-state index contributed by atoms with van der Waals surface area (Å²) >= 11 is 2.73. The normalized spacial score (nSPS) is 19.7. The molecule has 0 fully saturated rings. The number of aromatic nitrogens is 2. The van der Waals surface area contributed by atoms with Crippen molar-refractivity contribution in [2.45, 2.75) is 18.9 Å². The van der Waals surface area contributed by atoms with Gasteiger partial charge in [-0.25, -0.2) is 4.39 Å². The molecule has 1 atom stereocenters. The number of amides is 1. The Balaban J connectivity index is 1.63. The van der Waals surface area contributed by atoms with Gasteiger partial charge in [-0.05, 0) is 61.3 Å². The van der Waals surface area contributed by atoms with Gasteiger partial charge in [-0.3, -0.25) is 9.79 Å². The lowest BCUT2D eigenvalue weighted by Crippen LogP contribution is -2.29. The number of fused-ring (bicyclic) bond motifs is 1. The number of hydrogen-bond acceptors (Lipinski definition) is 7. The average molecular weight is 401 g/mol. The van der Waals surface area contributed by atoms with E-state index in [-0.39, 0.29) is 11.7 Å². The number of amidine groups is 1. The number of rotatable bonds is 3. The Hall–Kier alpha value is -2.52. The second-order valence-electron chi connectivity index (χ2n) is 6.43. The predicted molar refractivity (Wildman–Crippen MR) is 108 cm³/mol. The minimum Gasteiger partial charge on any atom is -0.379 e. The van der Waals surface area contributed by atoms with E-state index in [4.69, 9.17) is 5.73 Å². The highest BCUT2D eigenvalue weighted by atomic mass is 32.2. The van der Waals surface area contributed by atoms with Crippen molar-refractivity contribution in [3.8, 4) is 0 Å². The number of aliphatic imine (C=N–C) groups is 1. The van der Waals surface area contributed by atoms with Crippen LogP contribution in [0.25, 0.3) is 10.2 Å². The largest absolute Gasteiger partial charge is 0.379 e. The van der Waals surface area contributed by atoms with Crippen molar-refractivity contribution in [1.82, 2.24) is 9.59 Å². The highest BCUT2D eigenvalue weighted by Crippen LogP contribution is 2.37. The van der Waals surface area contributed by atoms with Gasteiger partial charge in [0.25, 0.3) is 5.91 Å². The zero-order valence-electron chi connectivity index (χ0n) is 14.4. The highest BCUT2D eigenvalue weighted by Gasteiger charge is 2.32. The van der Waals surface area contributed by atoms with Crippen molar-refractivity contribution in [1.29, 1.82) is 0 Å². The molecular weight excluding hydrogens is 385 g/mol. The summed E-state index contributed by atoms with van der Waals surface area (Å²) in [6, 6.07) is 9.72. The predicted octanol–water partition coefficient (Wildman–Crippen LogP) is 3.75. The molecule has 6 nitrogen and oxygen atoms in total. The molecule has 27 heavy (non-hydrogen) atoms. The van der Waals surface area contributed by atoms with E-state index in [2.05, 4.69) is 19.9 Å². The van der Waals surface area contributed by atoms with Crippen molar-refractivity contribution >= 4 is 50.3 Å². The monoisotopic (exact) mass is 401 g/mol. The molecule has 138 valence electrons. The summed E-state index contributed by atoms with van der Waals surface area (Å²) in [5, 5.41) is 7.24. The molecule has 1 amide bonds. The van der Waals surface area contributed by atoms with Crippen LogP contribution in [-0.2, 0) is 5.54 Å². The first-order valence-electron chi connectivity index (χ1n) is 8.26. The summed E-state index contributed by atoms with van der Waals surface area (Å²) in [5.74, 6) is 0.104. The molecule has 2 heterocycles. The van der Waals surface area contributed by atoms with E-state index in [1.165, 1.54) is 35.4 Å². The summed E-state index contributed by atoms with van der Waals surface area (Å²) in [4.78, 5) is 17.0. The molecule has 1 aliphatic rings. The van der Waals surface area contributed by atoms with Crippen LogP contribution in [0.3, 0.4) is 0 Å². The molecule has 0 saturated carbocycles. The van der Waals surface area contributed by atoms with Crippen molar-refractivity contribution in [2.75, 3.05) is 11.1 Å². The molecule has 1 unspecified atom stereocenters. The molecule has 0 saturated heterocycles. The quantitative estimate of drug-likeness (QED) is 0.697. The van der Waals surface area contributed by atoms with Gasteiger partial charge in [0.1, 0.15) is 11.3 Å².